The van der Waals surface area contributed by atoms with Crippen LogP contribution in [0.3, 0.4) is 0 Å². The van der Waals surface area contributed by atoms with Crippen LogP contribution in [0.2, 0.25) is 0 Å². The van der Waals surface area contributed by atoms with E-state index in [2.05, 4.69) is 10.6 Å². The molecule has 1 unspecified atom stereocenters. The number of nitrogens with one attached hydrogen (secondary N) is 2. The van der Waals surface area contributed by atoms with Crippen LogP contribution in [0.25, 0.3) is 0 Å². The molecule has 0 aliphatic carbocycles. The van der Waals surface area contributed by atoms with Gasteiger partial charge in [-0.3, -0.25) is 0 Å². The Labute approximate surface area is 147 Å². The van der Waals surface area contributed by atoms with E-state index >= 15 is 0 Å². The third-order valence-electron chi connectivity index (χ3n) is 4.54. The molecule has 25 heavy (non-hydrogen) atoms. The van der Waals surface area contributed by atoms with Crippen LogP contribution in [0.15, 0.2) is 12.1 Å². The Morgan fingerprint density at radius 2 is 2.04 bits per heavy atom. The molecule has 0 aromatic heterocycles. The van der Waals surface area contributed by atoms with Crippen molar-refractivity contribution in [1.82, 2.24) is 10.2 Å². The van der Waals surface area contributed by atoms with Gasteiger partial charge in [0.2, 0.25) is 0 Å². The molecule has 0 bridgehead atoms. The predicted octanol–water partition coefficient (Wildman–Crippen LogP) is 3.40. The molecule has 1 heterocycles. The zero-order valence-electron chi connectivity index (χ0n) is 14.8. The number of rotatable bonds is 6. The second-order valence-electron chi connectivity index (χ2n) is 6.49. The highest BCUT2D eigenvalue weighted by Crippen LogP contribution is 2.25. The normalized spacial score (nSPS) is 16.5. The van der Waals surface area contributed by atoms with E-state index in [1.165, 1.54) is 6.92 Å². The molecular formula is C18H27F2N3O2. The van der Waals surface area contributed by atoms with E-state index in [0.717, 1.165) is 44.8 Å². The smallest absolute Gasteiger partial charge is 0.322 e. The summed E-state index contributed by atoms with van der Waals surface area (Å²) in [5.41, 5.74) is -0.156. The molecule has 1 fully saturated rings. The zero-order chi connectivity index (χ0) is 18.4. The number of unbranched alkanes of at least 4 members (excludes halogenated alkanes) is 1. The van der Waals surface area contributed by atoms with E-state index in [1.807, 2.05) is 6.92 Å². The molecule has 0 saturated carbocycles. The SMILES string of the molecule is CCCCN(C(=O)Nc1cc(C(C)O)c(F)cc1F)C1CCNCC1. The van der Waals surface area contributed by atoms with Gasteiger partial charge < -0.3 is 20.6 Å². The molecule has 1 aromatic rings. The summed E-state index contributed by atoms with van der Waals surface area (Å²) in [6.07, 6.45) is 2.43. The summed E-state index contributed by atoms with van der Waals surface area (Å²) >= 11 is 0. The molecule has 1 aliphatic heterocycles. The number of carbonyl (C=O) groups is 1. The lowest BCUT2D eigenvalue weighted by atomic mass is 10.0. The van der Waals surface area contributed by atoms with Crippen molar-refractivity contribution in [2.45, 2.75) is 51.7 Å². The summed E-state index contributed by atoms with van der Waals surface area (Å²) in [6, 6.07) is 1.57. The van der Waals surface area contributed by atoms with E-state index < -0.39 is 17.7 Å². The van der Waals surface area contributed by atoms with E-state index in [-0.39, 0.29) is 23.3 Å². The molecule has 2 amide bonds. The standard InChI is InChI=1S/C18H27F2N3O2/c1-3-4-9-23(13-5-7-21-8-6-13)18(25)22-17-10-14(12(2)24)15(19)11-16(17)20/h10-13,21,24H,3-9H2,1-2H3,(H,22,25). The second-order valence-corrected chi connectivity index (χ2v) is 6.49. The molecule has 5 nitrogen and oxygen atoms in total. The van der Waals surface area contributed by atoms with Gasteiger partial charge in [-0.2, -0.15) is 0 Å². The molecule has 2 rings (SSSR count). The predicted molar refractivity (Wildman–Crippen MR) is 93.5 cm³/mol. The lowest BCUT2D eigenvalue weighted by molar-refractivity contribution is 0.169. The molecule has 1 aromatic carbocycles. The number of aliphatic hydroxyl groups is 1. The zero-order valence-corrected chi connectivity index (χ0v) is 14.8. The molecule has 1 aliphatic rings. The van der Waals surface area contributed by atoms with Gasteiger partial charge >= 0.3 is 6.03 Å². The van der Waals surface area contributed by atoms with Gasteiger partial charge in [0, 0.05) is 24.2 Å². The fraction of sp³-hybridized carbons (Fsp3) is 0.611. The van der Waals surface area contributed by atoms with Gasteiger partial charge in [0.25, 0.3) is 0 Å². The fourth-order valence-electron chi connectivity index (χ4n) is 3.07. The third-order valence-corrected chi connectivity index (χ3v) is 4.54. The van der Waals surface area contributed by atoms with E-state index in [4.69, 9.17) is 0 Å². The minimum absolute atomic E-state index is 0.0429. The van der Waals surface area contributed by atoms with Gasteiger partial charge in [-0.05, 0) is 45.3 Å². The molecule has 0 spiro atoms. The van der Waals surface area contributed by atoms with Crippen LogP contribution in [-0.2, 0) is 0 Å². The van der Waals surface area contributed by atoms with Crippen molar-refractivity contribution >= 4 is 11.7 Å². The van der Waals surface area contributed by atoms with Gasteiger partial charge in [0.15, 0.2) is 0 Å². The van der Waals surface area contributed by atoms with Gasteiger partial charge in [0.05, 0.1) is 11.8 Å². The number of amides is 2. The monoisotopic (exact) mass is 355 g/mol. The maximum Gasteiger partial charge on any atom is 0.322 e. The maximum atomic E-state index is 14.0. The van der Waals surface area contributed by atoms with Crippen molar-refractivity contribution in [3.05, 3.63) is 29.3 Å². The molecule has 140 valence electrons. The highest BCUT2D eigenvalue weighted by molar-refractivity contribution is 5.89. The van der Waals surface area contributed by atoms with Gasteiger partial charge in [-0.15, -0.1) is 0 Å². The second kappa shape index (κ2) is 9.10. The Morgan fingerprint density at radius 3 is 2.64 bits per heavy atom. The quantitative estimate of drug-likeness (QED) is 0.733. The van der Waals surface area contributed by atoms with Crippen LogP contribution < -0.4 is 10.6 Å². The number of anilines is 1. The minimum atomic E-state index is -1.09. The summed E-state index contributed by atoms with van der Waals surface area (Å²) < 4.78 is 27.8. The van der Waals surface area contributed by atoms with Crippen LogP contribution in [-0.4, -0.2) is 41.7 Å². The fourth-order valence-corrected chi connectivity index (χ4v) is 3.07. The van der Waals surface area contributed by atoms with Crippen molar-refractivity contribution < 1.29 is 18.7 Å². The molecule has 1 saturated heterocycles. The summed E-state index contributed by atoms with van der Waals surface area (Å²) in [7, 11) is 0. The van der Waals surface area contributed by atoms with Crippen LogP contribution in [0, 0.1) is 11.6 Å². The number of benzene rings is 1. The van der Waals surface area contributed by atoms with Crippen molar-refractivity contribution in [3.63, 3.8) is 0 Å². The topological polar surface area (TPSA) is 64.6 Å². The Bertz CT molecular complexity index is 590. The number of piperidine rings is 1. The number of urea groups is 1. The largest absolute Gasteiger partial charge is 0.389 e. The van der Waals surface area contributed by atoms with Gasteiger partial charge in [-0.1, -0.05) is 13.3 Å². The number of aliphatic hydroxyl groups excluding tert-OH is 1. The van der Waals surface area contributed by atoms with Crippen LogP contribution in [0.1, 0.15) is 51.2 Å². The highest BCUT2D eigenvalue weighted by Gasteiger charge is 2.26. The number of nitrogens with zero attached hydrogens (tertiary/aromatic N) is 1. The first-order valence-electron chi connectivity index (χ1n) is 8.89. The van der Waals surface area contributed by atoms with E-state index in [0.29, 0.717) is 12.6 Å². The van der Waals surface area contributed by atoms with Crippen LogP contribution in [0.5, 0.6) is 0 Å². The molecular weight excluding hydrogens is 328 g/mol. The number of hydrogen-bond acceptors (Lipinski definition) is 3. The van der Waals surface area contributed by atoms with Crippen molar-refractivity contribution in [2.24, 2.45) is 0 Å². The summed E-state index contributed by atoms with van der Waals surface area (Å²) in [4.78, 5) is 14.5. The van der Waals surface area contributed by atoms with Crippen molar-refractivity contribution in [2.75, 3.05) is 25.0 Å². The lowest BCUT2D eigenvalue weighted by Crippen LogP contribution is -2.48. The summed E-state index contributed by atoms with van der Waals surface area (Å²) in [5.74, 6) is -1.68. The Hall–Kier alpha value is -1.73. The van der Waals surface area contributed by atoms with Crippen molar-refractivity contribution in [1.29, 1.82) is 0 Å². The number of carbonyl (C=O) groups excluding carboxylic acids is 1. The number of hydrogen-bond donors (Lipinski definition) is 3. The lowest BCUT2D eigenvalue weighted by Gasteiger charge is -2.34. The van der Waals surface area contributed by atoms with Crippen LogP contribution >= 0.6 is 0 Å². The first kappa shape index (κ1) is 19.6. The first-order chi connectivity index (χ1) is 11.9. The molecule has 0 radical (unpaired) electrons. The average molecular weight is 355 g/mol. The van der Waals surface area contributed by atoms with Gasteiger partial charge in [-0.25, -0.2) is 13.6 Å². The van der Waals surface area contributed by atoms with Crippen molar-refractivity contribution in [3.8, 4) is 0 Å². The average Bonchev–Trinajstić information content (AvgIpc) is 2.58. The molecule has 1 atom stereocenters. The Kier molecular flexibility index (Phi) is 7.13. The minimum Gasteiger partial charge on any atom is -0.389 e. The third kappa shape index (κ3) is 5.12. The summed E-state index contributed by atoms with van der Waals surface area (Å²) in [5, 5.41) is 15.4. The maximum absolute atomic E-state index is 14.0. The Morgan fingerprint density at radius 1 is 1.36 bits per heavy atom. The van der Waals surface area contributed by atoms with Crippen LogP contribution in [0.4, 0.5) is 19.3 Å². The van der Waals surface area contributed by atoms with Gasteiger partial charge in [0.1, 0.15) is 11.6 Å². The molecule has 3 N–H and O–H groups in total. The van der Waals surface area contributed by atoms with E-state index in [9.17, 15) is 18.7 Å². The Balaban J connectivity index is 2.17. The number of halogens is 2. The molecule has 7 heteroatoms. The van der Waals surface area contributed by atoms with E-state index in [1.54, 1.807) is 4.90 Å². The summed E-state index contributed by atoms with van der Waals surface area (Å²) in [6.45, 7) is 5.73. The highest BCUT2D eigenvalue weighted by atomic mass is 19.1. The first-order valence-corrected chi connectivity index (χ1v) is 8.89.